The van der Waals surface area contributed by atoms with Crippen molar-refractivity contribution in [2.45, 2.75) is 0 Å². The monoisotopic (exact) mass is 176 g/mol. The minimum atomic E-state index is -3.80. The Morgan fingerprint density at radius 3 is 1.88 bits per heavy atom. The van der Waals surface area contributed by atoms with Crippen molar-refractivity contribution < 1.29 is 31.5 Å². The molecular weight excluding hydrogens is 169 g/mol. The second-order valence-corrected chi connectivity index (χ2v) is 2.65. The molecule has 0 aromatic carbocycles. The summed E-state index contributed by atoms with van der Waals surface area (Å²) in [6, 6.07) is 0. The van der Waals surface area contributed by atoms with E-state index in [-0.39, 0.29) is 30.9 Å². The Morgan fingerprint density at radius 1 is 1.50 bits per heavy atom. The molecule has 0 aromatic heterocycles. The molecule has 0 saturated carbocycles. The van der Waals surface area contributed by atoms with Crippen LogP contribution in [-0.2, 0) is 28.7 Å². The number of hydrogen-bond acceptors (Lipinski definition) is 3. The van der Waals surface area contributed by atoms with Gasteiger partial charge in [0.05, 0.1) is 5.75 Å². The zero-order valence-corrected chi connectivity index (χ0v) is 6.32. The van der Waals surface area contributed by atoms with Gasteiger partial charge in [-0.15, -0.1) is 0 Å². The first-order chi connectivity index (χ1) is 3.06. The van der Waals surface area contributed by atoms with Crippen molar-refractivity contribution in [1.29, 1.82) is 0 Å². The number of nitrogens with two attached hydrogens (primary N) is 1. The molecule has 0 bridgehead atoms. The van der Waals surface area contributed by atoms with Crippen LogP contribution in [0.2, 0.25) is 0 Å². The van der Waals surface area contributed by atoms with Crippen LogP contribution < -0.4 is 5.73 Å². The average Bonchev–Trinajstić information content (AvgIpc) is 1.30. The van der Waals surface area contributed by atoms with Crippen LogP contribution in [0.1, 0.15) is 0 Å². The van der Waals surface area contributed by atoms with Crippen LogP contribution in [0.3, 0.4) is 0 Å². The first-order valence-corrected chi connectivity index (χ1v) is 3.32. The van der Waals surface area contributed by atoms with E-state index in [2.05, 4.69) is 0 Å². The Labute approximate surface area is 60.1 Å². The Hall–Kier alpha value is 0.454. The van der Waals surface area contributed by atoms with Gasteiger partial charge < -0.3 is 5.73 Å². The summed E-state index contributed by atoms with van der Waals surface area (Å²) in [5, 5.41) is 0. The van der Waals surface area contributed by atoms with Gasteiger partial charge in [0, 0.05) is 25.1 Å². The molecule has 49 valence electrons. The molecule has 6 heteroatoms. The van der Waals surface area contributed by atoms with E-state index in [1.165, 1.54) is 0 Å². The van der Waals surface area contributed by atoms with Crippen molar-refractivity contribution in [3.63, 3.8) is 0 Å². The molecule has 0 saturated heterocycles. The molecule has 0 aliphatic carbocycles. The van der Waals surface area contributed by atoms with Crippen LogP contribution >= 0.6 is 0 Å². The molecule has 3 N–H and O–H groups in total. The summed E-state index contributed by atoms with van der Waals surface area (Å²) in [5.41, 5.74) is 4.78. The van der Waals surface area contributed by atoms with Crippen LogP contribution in [0.5, 0.6) is 0 Å². The fourth-order valence-electron chi connectivity index (χ4n) is 0.149. The molecule has 0 unspecified atom stereocenters. The van der Waals surface area contributed by atoms with Gasteiger partial charge in [-0.05, 0) is 0 Å². The number of hydrogen-bond donors (Lipinski definition) is 2. The fraction of sp³-hybridized carbons (Fsp3) is 1.00. The standard InChI is InChI=1S/C2H7NO3S.V/c3-1-2-7(4,5)6;/h1-3H2,(H,4,5,6);. The molecule has 0 fully saturated rings. The van der Waals surface area contributed by atoms with Crippen molar-refractivity contribution in [3.05, 3.63) is 0 Å². The van der Waals surface area contributed by atoms with Gasteiger partial charge in [-0.3, -0.25) is 4.55 Å². The summed E-state index contributed by atoms with van der Waals surface area (Å²) >= 11 is 0. The third kappa shape index (κ3) is 9.68. The molecule has 0 aromatic rings. The van der Waals surface area contributed by atoms with Gasteiger partial charge in [-0.1, -0.05) is 0 Å². The molecule has 4 nitrogen and oxygen atoms in total. The second-order valence-electron chi connectivity index (χ2n) is 1.07. The maximum Gasteiger partial charge on any atom is 0.266 e. The molecule has 0 rings (SSSR count). The van der Waals surface area contributed by atoms with Gasteiger partial charge in [-0.25, -0.2) is 0 Å². The first-order valence-electron chi connectivity index (χ1n) is 1.71. The summed E-state index contributed by atoms with van der Waals surface area (Å²) in [6.45, 7) is -0.0289. The Balaban J connectivity index is 0. The van der Waals surface area contributed by atoms with E-state index in [9.17, 15) is 8.42 Å². The van der Waals surface area contributed by atoms with E-state index in [1.807, 2.05) is 0 Å². The van der Waals surface area contributed by atoms with E-state index >= 15 is 0 Å². The topological polar surface area (TPSA) is 80.4 Å². The summed E-state index contributed by atoms with van der Waals surface area (Å²) in [4.78, 5) is 0. The van der Waals surface area contributed by atoms with Crippen LogP contribution in [0.15, 0.2) is 0 Å². The predicted octanol–water partition coefficient (Wildman–Crippen LogP) is -1.17. The molecule has 0 spiro atoms. The summed E-state index contributed by atoms with van der Waals surface area (Å²) in [6.07, 6.45) is 0. The van der Waals surface area contributed by atoms with Crippen LogP contribution in [-0.4, -0.2) is 25.3 Å². The molecule has 8 heavy (non-hydrogen) atoms. The van der Waals surface area contributed by atoms with E-state index in [1.54, 1.807) is 0 Å². The third-order valence-electron chi connectivity index (χ3n) is 0.376. The van der Waals surface area contributed by atoms with Crippen LogP contribution in [0.4, 0.5) is 0 Å². The quantitative estimate of drug-likeness (QED) is 0.519. The van der Waals surface area contributed by atoms with E-state index in [0.29, 0.717) is 0 Å². The zero-order chi connectivity index (χ0) is 5.91. The SMILES string of the molecule is NCCS(=O)(=O)O.[V]. The van der Waals surface area contributed by atoms with Crippen LogP contribution in [0.25, 0.3) is 0 Å². The molecule has 0 aliphatic heterocycles. The summed E-state index contributed by atoms with van der Waals surface area (Å²) in [5.74, 6) is -0.354. The van der Waals surface area contributed by atoms with Crippen molar-refractivity contribution in [1.82, 2.24) is 0 Å². The largest absolute Gasteiger partial charge is 0.329 e. The third-order valence-corrected chi connectivity index (χ3v) is 1.13. The van der Waals surface area contributed by atoms with Gasteiger partial charge in [0.25, 0.3) is 10.1 Å². The maximum atomic E-state index is 9.71. The van der Waals surface area contributed by atoms with Crippen molar-refractivity contribution in [2.24, 2.45) is 5.73 Å². The van der Waals surface area contributed by atoms with Gasteiger partial charge in [-0.2, -0.15) is 8.42 Å². The predicted molar refractivity (Wildman–Crippen MR) is 25.5 cm³/mol. The van der Waals surface area contributed by atoms with E-state index < -0.39 is 10.1 Å². The Kier molecular flexibility index (Phi) is 6.12. The van der Waals surface area contributed by atoms with Gasteiger partial charge in [0.1, 0.15) is 0 Å². The first kappa shape index (κ1) is 11.3. The van der Waals surface area contributed by atoms with E-state index in [4.69, 9.17) is 10.3 Å². The Morgan fingerprint density at radius 2 is 1.88 bits per heavy atom. The Bertz CT molecular complexity index is 130. The summed E-state index contributed by atoms with van der Waals surface area (Å²) in [7, 11) is -3.80. The van der Waals surface area contributed by atoms with Crippen molar-refractivity contribution >= 4 is 10.1 Å². The zero-order valence-electron chi connectivity index (χ0n) is 4.11. The molecular formula is C2H7NO3SV. The van der Waals surface area contributed by atoms with E-state index in [0.717, 1.165) is 0 Å². The van der Waals surface area contributed by atoms with Gasteiger partial charge in [0.15, 0.2) is 0 Å². The average molecular weight is 176 g/mol. The molecule has 0 heterocycles. The smallest absolute Gasteiger partial charge is 0.266 e. The molecule has 0 atom stereocenters. The molecule has 1 radical (unpaired) electrons. The van der Waals surface area contributed by atoms with Crippen LogP contribution in [0, 0.1) is 0 Å². The molecule has 0 aliphatic rings. The molecule has 0 amide bonds. The summed E-state index contributed by atoms with van der Waals surface area (Å²) < 4.78 is 27.3. The number of rotatable bonds is 2. The second kappa shape index (κ2) is 4.34. The van der Waals surface area contributed by atoms with Gasteiger partial charge in [0.2, 0.25) is 0 Å². The fourth-order valence-corrected chi connectivity index (χ4v) is 0.447. The maximum absolute atomic E-state index is 9.71. The minimum absolute atomic E-state index is 0. The minimum Gasteiger partial charge on any atom is -0.329 e. The van der Waals surface area contributed by atoms with Crippen molar-refractivity contribution in [2.75, 3.05) is 12.3 Å². The normalized spacial score (nSPS) is 10.2. The van der Waals surface area contributed by atoms with Crippen molar-refractivity contribution in [3.8, 4) is 0 Å². The van der Waals surface area contributed by atoms with Gasteiger partial charge >= 0.3 is 0 Å².